The van der Waals surface area contributed by atoms with Crippen molar-refractivity contribution in [3.8, 4) is 11.5 Å². The maximum Gasteiger partial charge on any atom is 0.286 e. The third-order valence-corrected chi connectivity index (χ3v) is 6.90. The Balaban J connectivity index is 1.37. The van der Waals surface area contributed by atoms with E-state index in [0.717, 1.165) is 16.9 Å². The van der Waals surface area contributed by atoms with Crippen LogP contribution in [0.3, 0.4) is 0 Å². The summed E-state index contributed by atoms with van der Waals surface area (Å²) >= 11 is 1.01. The van der Waals surface area contributed by atoms with Crippen molar-refractivity contribution in [2.45, 2.75) is 31.2 Å². The summed E-state index contributed by atoms with van der Waals surface area (Å²) in [6, 6.07) is 11.8. The van der Waals surface area contributed by atoms with Crippen molar-refractivity contribution >= 4 is 33.0 Å². The van der Waals surface area contributed by atoms with Gasteiger partial charge in [0.15, 0.2) is 11.5 Å². The van der Waals surface area contributed by atoms with Crippen molar-refractivity contribution in [1.82, 2.24) is 14.9 Å². The lowest BCUT2D eigenvalue weighted by Gasteiger charge is -2.08. The van der Waals surface area contributed by atoms with E-state index in [2.05, 4.69) is 20.2 Å². The first kappa shape index (κ1) is 21.2. The Morgan fingerprint density at radius 1 is 1.10 bits per heavy atom. The van der Waals surface area contributed by atoms with Gasteiger partial charge >= 0.3 is 0 Å². The number of carbonyl (C=O) groups is 1. The Kier molecular flexibility index (Phi) is 5.90. The fraction of sp³-hybridized carbons (Fsp3) is 0.250. The van der Waals surface area contributed by atoms with Gasteiger partial charge in [0.1, 0.15) is 5.01 Å². The average molecular weight is 461 g/mol. The zero-order valence-electron chi connectivity index (χ0n) is 16.8. The van der Waals surface area contributed by atoms with E-state index in [1.807, 2.05) is 13.8 Å². The predicted molar refractivity (Wildman–Crippen MR) is 115 cm³/mol. The molecule has 0 saturated carbocycles. The van der Waals surface area contributed by atoms with Gasteiger partial charge in [-0.1, -0.05) is 37.3 Å². The van der Waals surface area contributed by atoms with Crippen LogP contribution < -0.4 is 19.5 Å². The van der Waals surface area contributed by atoms with Gasteiger partial charge in [-0.25, -0.2) is 13.1 Å². The van der Waals surface area contributed by atoms with E-state index in [1.54, 1.807) is 42.5 Å². The number of hydrogen-bond acceptors (Lipinski definition) is 8. The topological polar surface area (TPSA) is 120 Å². The van der Waals surface area contributed by atoms with Gasteiger partial charge in [-0.3, -0.25) is 4.79 Å². The number of nitrogens with one attached hydrogen (secondary N) is 2. The minimum atomic E-state index is -3.70. The van der Waals surface area contributed by atoms with E-state index < -0.39 is 15.9 Å². The molecule has 162 valence electrons. The number of fused-ring (bicyclic) bond motifs is 1. The van der Waals surface area contributed by atoms with Crippen molar-refractivity contribution in [3.05, 3.63) is 58.0 Å². The lowest BCUT2D eigenvalue weighted by Crippen LogP contribution is -2.23. The molecule has 2 heterocycles. The highest BCUT2D eigenvalue weighted by molar-refractivity contribution is 7.89. The van der Waals surface area contributed by atoms with E-state index >= 15 is 0 Å². The SMILES string of the molecule is CC(C)c1ccc(S(=O)(=O)NCc2nnc(C(=O)Nc3ccc4c(c3)OCO4)s2)cc1. The molecule has 3 aromatic rings. The number of hydrogen-bond donors (Lipinski definition) is 2. The van der Waals surface area contributed by atoms with Crippen molar-refractivity contribution in [2.75, 3.05) is 12.1 Å². The van der Waals surface area contributed by atoms with E-state index in [4.69, 9.17) is 9.47 Å². The fourth-order valence-corrected chi connectivity index (χ4v) is 4.60. The normalized spacial score (nSPS) is 12.9. The molecule has 1 aromatic heterocycles. The van der Waals surface area contributed by atoms with Crippen LogP contribution in [-0.4, -0.2) is 31.3 Å². The zero-order chi connectivity index (χ0) is 22.0. The quantitative estimate of drug-likeness (QED) is 0.556. The van der Waals surface area contributed by atoms with E-state index in [0.29, 0.717) is 28.1 Å². The number of aromatic nitrogens is 2. The molecule has 1 aliphatic rings. The highest BCUT2D eigenvalue weighted by Gasteiger charge is 2.19. The number of ether oxygens (including phenoxy) is 2. The monoisotopic (exact) mass is 460 g/mol. The third-order valence-electron chi connectivity index (χ3n) is 4.56. The van der Waals surface area contributed by atoms with Gasteiger partial charge in [0, 0.05) is 11.8 Å². The molecule has 0 aliphatic carbocycles. The molecule has 0 unspecified atom stereocenters. The highest BCUT2D eigenvalue weighted by Crippen LogP contribution is 2.34. The third kappa shape index (κ3) is 4.84. The Labute approximate surface area is 183 Å². The van der Waals surface area contributed by atoms with E-state index in [9.17, 15) is 13.2 Å². The zero-order valence-corrected chi connectivity index (χ0v) is 18.4. The molecule has 11 heteroatoms. The highest BCUT2D eigenvalue weighted by atomic mass is 32.2. The summed E-state index contributed by atoms with van der Waals surface area (Å²) in [4.78, 5) is 12.6. The Hall–Kier alpha value is -3.02. The van der Waals surface area contributed by atoms with E-state index in [1.165, 1.54) is 0 Å². The van der Waals surface area contributed by atoms with E-state index in [-0.39, 0.29) is 23.2 Å². The van der Waals surface area contributed by atoms with Gasteiger partial charge < -0.3 is 14.8 Å². The van der Waals surface area contributed by atoms with Crippen LogP contribution >= 0.6 is 11.3 Å². The van der Waals surface area contributed by atoms with Crippen LogP contribution in [-0.2, 0) is 16.6 Å². The maximum absolute atomic E-state index is 12.5. The molecule has 31 heavy (non-hydrogen) atoms. The molecule has 1 aliphatic heterocycles. The number of benzene rings is 2. The van der Waals surface area contributed by atoms with Gasteiger partial charge in [-0.05, 0) is 35.7 Å². The van der Waals surface area contributed by atoms with Crippen LogP contribution in [0, 0.1) is 0 Å². The number of sulfonamides is 1. The number of nitrogens with zero attached hydrogens (tertiary/aromatic N) is 2. The van der Waals surface area contributed by atoms with Crippen molar-refractivity contribution < 1.29 is 22.7 Å². The summed E-state index contributed by atoms with van der Waals surface area (Å²) in [5, 5.41) is 11.0. The molecule has 2 N–H and O–H groups in total. The number of anilines is 1. The molecule has 0 radical (unpaired) electrons. The van der Waals surface area contributed by atoms with Crippen LogP contribution in [0.15, 0.2) is 47.4 Å². The predicted octanol–water partition coefficient (Wildman–Crippen LogP) is 3.12. The second-order valence-electron chi connectivity index (χ2n) is 7.07. The summed E-state index contributed by atoms with van der Waals surface area (Å²) in [6.45, 7) is 4.16. The fourth-order valence-electron chi connectivity index (χ4n) is 2.85. The minimum Gasteiger partial charge on any atom is -0.454 e. The van der Waals surface area contributed by atoms with Crippen molar-refractivity contribution in [3.63, 3.8) is 0 Å². The molecule has 0 saturated heterocycles. The first-order valence-corrected chi connectivity index (χ1v) is 11.7. The molecule has 9 nitrogen and oxygen atoms in total. The Morgan fingerprint density at radius 2 is 1.84 bits per heavy atom. The molecular formula is C20H20N4O5S2. The molecular weight excluding hydrogens is 440 g/mol. The molecule has 0 fully saturated rings. The van der Waals surface area contributed by atoms with Gasteiger partial charge in [0.2, 0.25) is 21.8 Å². The number of carbonyl (C=O) groups excluding carboxylic acids is 1. The average Bonchev–Trinajstić information content (AvgIpc) is 3.41. The summed E-state index contributed by atoms with van der Waals surface area (Å²) in [5.74, 6) is 1.03. The standard InChI is InChI=1S/C20H20N4O5S2/c1-12(2)13-3-6-15(7-4-13)31(26,27)21-10-18-23-24-20(30-18)19(25)22-14-5-8-16-17(9-14)29-11-28-16/h3-9,12,21H,10-11H2,1-2H3,(H,22,25). The number of amides is 1. The summed E-state index contributed by atoms with van der Waals surface area (Å²) in [5.41, 5.74) is 1.58. The Morgan fingerprint density at radius 3 is 2.58 bits per heavy atom. The first-order valence-electron chi connectivity index (χ1n) is 9.45. The first-order chi connectivity index (χ1) is 14.8. The van der Waals surface area contributed by atoms with Crippen molar-refractivity contribution in [1.29, 1.82) is 0 Å². The molecule has 0 atom stereocenters. The van der Waals surface area contributed by atoms with Crippen LogP contribution in [0.2, 0.25) is 0 Å². The van der Waals surface area contributed by atoms with Crippen LogP contribution in [0.5, 0.6) is 11.5 Å². The van der Waals surface area contributed by atoms with Gasteiger partial charge in [-0.15, -0.1) is 10.2 Å². The second kappa shape index (κ2) is 8.61. The minimum absolute atomic E-state index is 0.0662. The van der Waals surface area contributed by atoms with Gasteiger partial charge in [0.05, 0.1) is 11.4 Å². The molecule has 1 amide bonds. The summed E-state index contributed by atoms with van der Waals surface area (Å²) < 4.78 is 38.0. The molecule has 0 bridgehead atoms. The smallest absolute Gasteiger partial charge is 0.286 e. The second-order valence-corrected chi connectivity index (χ2v) is 9.90. The Bertz CT molecular complexity index is 1210. The van der Waals surface area contributed by atoms with Crippen LogP contribution in [0.1, 0.15) is 40.1 Å². The largest absolute Gasteiger partial charge is 0.454 e. The molecule has 4 rings (SSSR count). The van der Waals surface area contributed by atoms with Crippen molar-refractivity contribution in [2.24, 2.45) is 0 Å². The summed E-state index contributed by atoms with van der Waals surface area (Å²) in [7, 11) is -3.70. The lowest BCUT2D eigenvalue weighted by molar-refractivity contribution is 0.102. The van der Waals surface area contributed by atoms with Crippen LogP contribution in [0.4, 0.5) is 5.69 Å². The molecule has 0 spiro atoms. The molecule has 2 aromatic carbocycles. The summed E-state index contributed by atoms with van der Waals surface area (Å²) in [6.07, 6.45) is 0. The van der Waals surface area contributed by atoms with Gasteiger partial charge in [-0.2, -0.15) is 0 Å². The maximum atomic E-state index is 12.5. The lowest BCUT2D eigenvalue weighted by atomic mass is 10.0. The van der Waals surface area contributed by atoms with Gasteiger partial charge in [0.25, 0.3) is 5.91 Å². The number of rotatable bonds is 7. The van der Waals surface area contributed by atoms with Crippen LogP contribution in [0.25, 0.3) is 0 Å².